The summed E-state index contributed by atoms with van der Waals surface area (Å²) in [5.74, 6) is -0.604. The second kappa shape index (κ2) is 6.79. The molecule has 22 heavy (non-hydrogen) atoms. The molecule has 1 aromatic carbocycles. The van der Waals surface area contributed by atoms with Crippen molar-refractivity contribution in [1.29, 1.82) is 0 Å². The van der Waals surface area contributed by atoms with Crippen molar-refractivity contribution in [3.05, 3.63) is 34.3 Å². The monoisotopic (exact) mass is 369 g/mol. The van der Waals surface area contributed by atoms with Gasteiger partial charge in [0.15, 0.2) is 0 Å². The van der Waals surface area contributed by atoms with Crippen molar-refractivity contribution in [2.45, 2.75) is 32.5 Å². The molecule has 0 aliphatic carbocycles. The third-order valence-electron chi connectivity index (χ3n) is 3.11. The van der Waals surface area contributed by atoms with E-state index >= 15 is 0 Å². The fraction of sp³-hybridized carbons (Fsp3) is 0.500. The van der Waals surface area contributed by atoms with Gasteiger partial charge in [-0.3, -0.25) is 9.59 Å². The molecule has 5 nitrogen and oxygen atoms in total. The second-order valence-corrected chi connectivity index (χ2v) is 7.13. The standard InChI is InChI=1S/C16H20BrNO4/c1-16(2,3)22-15(20)9-18-8-13(21-10-14(18)19)11-5-4-6-12(17)7-11/h4-7,13H,8-10H2,1-3H3/t13-/m1/s1. The average molecular weight is 370 g/mol. The second-order valence-electron chi connectivity index (χ2n) is 6.22. The van der Waals surface area contributed by atoms with E-state index in [0.717, 1.165) is 10.0 Å². The first-order valence-corrected chi connectivity index (χ1v) is 7.90. The van der Waals surface area contributed by atoms with Crippen molar-refractivity contribution in [2.24, 2.45) is 0 Å². The number of nitrogens with zero attached hydrogens (tertiary/aromatic N) is 1. The lowest BCUT2D eigenvalue weighted by Crippen LogP contribution is -2.46. The van der Waals surface area contributed by atoms with Crippen LogP contribution in [-0.2, 0) is 19.1 Å². The van der Waals surface area contributed by atoms with Crippen molar-refractivity contribution in [2.75, 3.05) is 19.7 Å². The summed E-state index contributed by atoms with van der Waals surface area (Å²) in [7, 11) is 0. The summed E-state index contributed by atoms with van der Waals surface area (Å²) in [5, 5.41) is 0. The molecule has 1 saturated heterocycles. The van der Waals surface area contributed by atoms with Crippen LogP contribution in [0.4, 0.5) is 0 Å². The maximum Gasteiger partial charge on any atom is 0.326 e. The quantitative estimate of drug-likeness (QED) is 0.768. The van der Waals surface area contributed by atoms with Crippen LogP contribution in [0.5, 0.6) is 0 Å². The molecule has 1 aliphatic rings. The highest BCUT2D eigenvalue weighted by atomic mass is 79.9. The normalized spacial score (nSPS) is 19.2. The number of carbonyl (C=O) groups excluding carboxylic acids is 2. The van der Waals surface area contributed by atoms with E-state index in [1.165, 1.54) is 4.90 Å². The number of ether oxygens (including phenoxy) is 2. The highest BCUT2D eigenvalue weighted by molar-refractivity contribution is 9.10. The predicted octanol–water partition coefficient (Wildman–Crippen LogP) is 2.69. The first-order chi connectivity index (χ1) is 10.2. The highest BCUT2D eigenvalue weighted by Crippen LogP contribution is 2.25. The molecule has 0 saturated carbocycles. The number of hydrogen-bond acceptors (Lipinski definition) is 4. The van der Waals surface area contributed by atoms with Gasteiger partial charge in [0.1, 0.15) is 24.9 Å². The van der Waals surface area contributed by atoms with Crippen LogP contribution < -0.4 is 0 Å². The zero-order valence-corrected chi connectivity index (χ0v) is 14.6. The molecule has 1 atom stereocenters. The largest absolute Gasteiger partial charge is 0.459 e. The Morgan fingerprint density at radius 1 is 1.45 bits per heavy atom. The van der Waals surface area contributed by atoms with E-state index in [4.69, 9.17) is 9.47 Å². The highest BCUT2D eigenvalue weighted by Gasteiger charge is 2.30. The number of carbonyl (C=O) groups is 2. The van der Waals surface area contributed by atoms with Crippen LogP contribution >= 0.6 is 15.9 Å². The van der Waals surface area contributed by atoms with Crippen LogP contribution in [-0.4, -0.2) is 42.1 Å². The third kappa shape index (κ3) is 4.81. The van der Waals surface area contributed by atoms with E-state index in [9.17, 15) is 9.59 Å². The van der Waals surface area contributed by atoms with Gasteiger partial charge >= 0.3 is 5.97 Å². The minimum absolute atomic E-state index is 0.0278. The lowest BCUT2D eigenvalue weighted by atomic mass is 10.1. The first-order valence-electron chi connectivity index (χ1n) is 7.11. The maximum absolute atomic E-state index is 11.9. The molecule has 1 heterocycles. The minimum Gasteiger partial charge on any atom is -0.459 e. The summed E-state index contributed by atoms with van der Waals surface area (Å²) in [6, 6.07) is 7.73. The number of morpholine rings is 1. The fourth-order valence-corrected chi connectivity index (χ4v) is 2.63. The summed E-state index contributed by atoms with van der Waals surface area (Å²) in [6.07, 6.45) is -0.238. The van der Waals surface area contributed by atoms with Crippen LogP contribution in [0.1, 0.15) is 32.4 Å². The van der Waals surface area contributed by atoms with E-state index in [0.29, 0.717) is 6.54 Å². The lowest BCUT2D eigenvalue weighted by molar-refractivity contribution is -0.165. The molecule has 1 aliphatic heterocycles. The van der Waals surface area contributed by atoms with Gasteiger partial charge in [0.2, 0.25) is 5.91 Å². The Morgan fingerprint density at radius 2 is 2.18 bits per heavy atom. The maximum atomic E-state index is 11.9. The Kier molecular flexibility index (Phi) is 5.24. The molecule has 0 bridgehead atoms. The predicted molar refractivity (Wildman–Crippen MR) is 85.3 cm³/mol. The molecule has 6 heteroatoms. The van der Waals surface area contributed by atoms with Gasteiger partial charge in [0.05, 0.1) is 6.54 Å². The van der Waals surface area contributed by atoms with E-state index in [-0.39, 0.29) is 25.2 Å². The molecule has 1 fully saturated rings. The number of benzene rings is 1. The minimum atomic E-state index is -0.559. The van der Waals surface area contributed by atoms with Gasteiger partial charge in [-0.1, -0.05) is 28.1 Å². The zero-order valence-electron chi connectivity index (χ0n) is 13.0. The fourth-order valence-electron chi connectivity index (χ4n) is 2.21. The molecule has 120 valence electrons. The van der Waals surface area contributed by atoms with Gasteiger partial charge in [-0.05, 0) is 38.5 Å². The first kappa shape index (κ1) is 17.0. The number of hydrogen-bond donors (Lipinski definition) is 0. The van der Waals surface area contributed by atoms with Gasteiger partial charge in [-0.25, -0.2) is 0 Å². The smallest absolute Gasteiger partial charge is 0.326 e. The number of halogens is 1. The van der Waals surface area contributed by atoms with E-state index in [1.807, 2.05) is 24.3 Å². The van der Waals surface area contributed by atoms with Gasteiger partial charge in [0, 0.05) is 4.47 Å². The molecule has 0 N–H and O–H groups in total. The van der Waals surface area contributed by atoms with Crippen LogP contribution in [0.2, 0.25) is 0 Å². The number of rotatable bonds is 3. The summed E-state index contributed by atoms with van der Waals surface area (Å²) in [4.78, 5) is 25.3. The van der Waals surface area contributed by atoms with E-state index in [2.05, 4.69) is 15.9 Å². The van der Waals surface area contributed by atoms with E-state index in [1.54, 1.807) is 20.8 Å². The molecule has 2 rings (SSSR count). The summed E-state index contributed by atoms with van der Waals surface area (Å²) in [5.41, 5.74) is 0.409. The molecular formula is C16H20BrNO4. The topological polar surface area (TPSA) is 55.8 Å². The van der Waals surface area contributed by atoms with Gasteiger partial charge < -0.3 is 14.4 Å². The summed E-state index contributed by atoms with van der Waals surface area (Å²) >= 11 is 3.42. The summed E-state index contributed by atoms with van der Waals surface area (Å²) < 4.78 is 11.8. The van der Waals surface area contributed by atoms with Crippen LogP contribution in [0.15, 0.2) is 28.7 Å². The average Bonchev–Trinajstić information content (AvgIpc) is 2.39. The van der Waals surface area contributed by atoms with Gasteiger partial charge in [-0.2, -0.15) is 0 Å². The lowest BCUT2D eigenvalue weighted by Gasteiger charge is -2.33. The van der Waals surface area contributed by atoms with Crippen molar-refractivity contribution < 1.29 is 19.1 Å². The van der Waals surface area contributed by atoms with E-state index < -0.39 is 11.6 Å². The SMILES string of the molecule is CC(C)(C)OC(=O)CN1C[C@H](c2cccc(Br)c2)OCC1=O. The molecule has 1 amide bonds. The van der Waals surface area contributed by atoms with Crippen LogP contribution in [0.25, 0.3) is 0 Å². The Labute approximate surface area is 138 Å². The van der Waals surface area contributed by atoms with Crippen molar-refractivity contribution in [3.8, 4) is 0 Å². The Balaban J connectivity index is 2.02. The van der Waals surface area contributed by atoms with Crippen molar-refractivity contribution in [3.63, 3.8) is 0 Å². The molecule has 1 aromatic rings. The number of esters is 1. The van der Waals surface area contributed by atoms with Gasteiger partial charge in [-0.15, -0.1) is 0 Å². The molecule has 0 unspecified atom stereocenters. The Bertz CT molecular complexity index is 568. The Hall–Kier alpha value is -1.40. The van der Waals surface area contributed by atoms with Crippen molar-refractivity contribution in [1.82, 2.24) is 4.90 Å². The van der Waals surface area contributed by atoms with Crippen molar-refractivity contribution >= 4 is 27.8 Å². The van der Waals surface area contributed by atoms with Crippen LogP contribution in [0, 0.1) is 0 Å². The van der Waals surface area contributed by atoms with Gasteiger partial charge in [0.25, 0.3) is 0 Å². The molecule has 0 aromatic heterocycles. The Morgan fingerprint density at radius 3 is 2.82 bits per heavy atom. The van der Waals surface area contributed by atoms with Crippen LogP contribution in [0.3, 0.4) is 0 Å². The summed E-state index contributed by atoms with van der Waals surface area (Å²) in [6.45, 7) is 5.67. The number of amides is 1. The zero-order chi connectivity index (χ0) is 16.3. The molecule has 0 spiro atoms. The third-order valence-corrected chi connectivity index (χ3v) is 3.60. The molecular weight excluding hydrogens is 350 g/mol. The molecule has 0 radical (unpaired) electrons.